The van der Waals surface area contributed by atoms with Gasteiger partial charge < -0.3 is 14.6 Å². The molecule has 0 spiro atoms. The smallest absolute Gasteiger partial charge is 0.168 e. The zero-order chi connectivity index (χ0) is 32.4. The van der Waals surface area contributed by atoms with Gasteiger partial charge >= 0.3 is 0 Å². The second-order valence-electron chi connectivity index (χ2n) is 14.2. The summed E-state index contributed by atoms with van der Waals surface area (Å²) in [5.74, 6) is -0.359. The Kier molecular flexibility index (Phi) is 31.3. The van der Waals surface area contributed by atoms with E-state index in [-0.39, 0.29) is 18.5 Å². The van der Waals surface area contributed by atoms with Crippen LogP contribution in [-0.4, -0.2) is 30.2 Å². The first-order valence-electron chi connectivity index (χ1n) is 20.5. The molecule has 1 saturated heterocycles. The molecule has 0 radical (unpaired) electrons. The third kappa shape index (κ3) is 27.1. The Labute approximate surface area is 282 Å². The lowest BCUT2D eigenvalue weighted by atomic mass is 9.98. The van der Waals surface area contributed by atoms with Gasteiger partial charge in [-0.05, 0) is 77.0 Å². The molecule has 0 saturated carbocycles. The second-order valence-corrected chi connectivity index (χ2v) is 14.2. The van der Waals surface area contributed by atoms with Crippen LogP contribution in [0.25, 0.3) is 0 Å². The summed E-state index contributed by atoms with van der Waals surface area (Å²) in [6.07, 6.45) is 51.2. The van der Waals surface area contributed by atoms with Gasteiger partial charge in [0.1, 0.15) is 0 Å². The topological polar surface area (TPSA) is 38.7 Å². The van der Waals surface area contributed by atoms with Crippen molar-refractivity contribution >= 4 is 0 Å². The van der Waals surface area contributed by atoms with Crippen LogP contribution in [0, 0.1) is 0 Å². The van der Waals surface area contributed by atoms with Crippen molar-refractivity contribution in [1.82, 2.24) is 0 Å². The molecule has 1 aliphatic rings. The van der Waals surface area contributed by atoms with Crippen LogP contribution in [0.3, 0.4) is 0 Å². The van der Waals surface area contributed by atoms with Gasteiger partial charge in [0.15, 0.2) is 5.79 Å². The minimum absolute atomic E-state index is 0.167. The molecule has 1 heterocycles. The van der Waals surface area contributed by atoms with Crippen molar-refractivity contribution in [3.8, 4) is 0 Å². The van der Waals surface area contributed by atoms with E-state index in [1.54, 1.807) is 0 Å². The maximum atomic E-state index is 9.27. The lowest BCUT2D eigenvalue weighted by Crippen LogP contribution is -2.31. The van der Waals surface area contributed by atoms with Crippen LogP contribution in [0.4, 0.5) is 0 Å². The largest absolute Gasteiger partial charge is 0.396 e. The Morgan fingerprint density at radius 2 is 0.844 bits per heavy atom. The SMILES string of the molecule is CCCCCCCC/C=C\CCCCCCCCC1(CCCCCCCC/C=C\CCCCCCCC)OC[C@H](CCCO)O1. The van der Waals surface area contributed by atoms with Gasteiger partial charge in [-0.25, -0.2) is 0 Å². The lowest BCUT2D eigenvalue weighted by molar-refractivity contribution is -0.180. The molecule has 3 heteroatoms. The molecule has 1 fully saturated rings. The number of rotatable bonds is 35. The van der Waals surface area contributed by atoms with Crippen LogP contribution in [-0.2, 0) is 9.47 Å². The summed E-state index contributed by atoms with van der Waals surface area (Å²) < 4.78 is 12.9. The summed E-state index contributed by atoms with van der Waals surface area (Å²) in [7, 11) is 0. The van der Waals surface area contributed by atoms with Gasteiger partial charge in [0.25, 0.3) is 0 Å². The first-order chi connectivity index (χ1) is 22.3. The zero-order valence-corrected chi connectivity index (χ0v) is 30.7. The van der Waals surface area contributed by atoms with Gasteiger partial charge in [-0.15, -0.1) is 0 Å². The monoisotopic (exact) mass is 633 g/mol. The maximum absolute atomic E-state index is 9.27. The molecule has 0 aromatic rings. The van der Waals surface area contributed by atoms with Crippen LogP contribution >= 0.6 is 0 Å². The number of aliphatic hydroxyl groups is 1. The predicted molar refractivity (Wildman–Crippen MR) is 198 cm³/mol. The van der Waals surface area contributed by atoms with Crippen molar-refractivity contribution < 1.29 is 14.6 Å². The van der Waals surface area contributed by atoms with Crippen molar-refractivity contribution in [2.75, 3.05) is 13.2 Å². The van der Waals surface area contributed by atoms with Crippen molar-refractivity contribution in [3.63, 3.8) is 0 Å². The number of unbranched alkanes of at least 4 members (excludes halogenated alkanes) is 24. The van der Waals surface area contributed by atoms with E-state index in [1.165, 1.54) is 180 Å². The van der Waals surface area contributed by atoms with Crippen molar-refractivity contribution in [3.05, 3.63) is 24.3 Å². The Morgan fingerprint density at radius 3 is 1.22 bits per heavy atom. The Bertz CT molecular complexity index is 600. The van der Waals surface area contributed by atoms with Gasteiger partial charge in [0.05, 0.1) is 12.7 Å². The average molecular weight is 633 g/mol. The van der Waals surface area contributed by atoms with Crippen LogP contribution in [0.5, 0.6) is 0 Å². The highest BCUT2D eigenvalue weighted by Crippen LogP contribution is 2.36. The molecule has 1 rings (SSSR count). The van der Waals surface area contributed by atoms with E-state index in [1.807, 2.05) is 0 Å². The van der Waals surface area contributed by atoms with Gasteiger partial charge in [0.2, 0.25) is 0 Å². The van der Waals surface area contributed by atoms with Crippen molar-refractivity contribution in [2.45, 2.75) is 231 Å². The zero-order valence-electron chi connectivity index (χ0n) is 30.7. The van der Waals surface area contributed by atoms with Gasteiger partial charge in [-0.3, -0.25) is 0 Å². The molecule has 0 unspecified atom stereocenters. The molecule has 0 aliphatic carbocycles. The second kappa shape index (κ2) is 33.3. The minimum Gasteiger partial charge on any atom is -0.396 e. The molecule has 0 bridgehead atoms. The molecule has 1 aliphatic heterocycles. The Hall–Kier alpha value is -0.640. The number of hydrogen-bond acceptors (Lipinski definition) is 3. The minimum atomic E-state index is -0.359. The highest BCUT2D eigenvalue weighted by Gasteiger charge is 2.40. The van der Waals surface area contributed by atoms with E-state index in [4.69, 9.17) is 9.47 Å². The van der Waals surface area contributed by atoms with Crippen LogP contribution < -0.4 is 0 Å². The number of hydrogen-bond donors (Lipinski definition) is 1. The number of allylic oxidation sites excluding steroid dienone is 4. The molecular weight excluding hydrogens is 552 g/mol. The molecule has 45 heavy (non-hydrogen) atoms. The third-order valence-corrected chi connectivity index (χ3v) is 9.74. The standard InChI is InChI=1S/C42H80O3/c1-3-5-7-9-11-13-15-17-19-21-23-25-27-29-31-33-37-42(44-40-41(45-42)36-35-39-43)38-34-32-30-28-26-24-22-20-18-16-14-12-10-8-6-4-2/h17-20,41,43H,3-16,21-40H2,1-2H3/b19-17-,20-18-/t41-/m0/s1. The average Bonchev–Trinajstić information content (AvgIpc) is 3.46. The summed E-state index contributed by atoms with van der Waals surface area (Å²) >= 11 is 0. The predicted octanol–water partition coefficient (Wildman–Crippen LogP) is 13.7. The highest BCUT2D eigenvalue weighted by molar-refractivity contribution is 4.82. The van der Waals surface area contributed by atoms with Gasteiger partial charge in [-0.1, -0.05) is 154 Å². The fraction of sp³-hybridized carbons (Fsp3) is 0.905. The quantitative estimate of drug-likeness (QED) is 0.0558. The molecule has 0 aromatic heterocycles. The maximum Gasteiger partial charge on any atom is 0.168 e. The summed E-state index contributed by atoms with van der Waals surface area (Å²) in [6, 6.07) is 0. The Morgan fingerprint density at radius 1 is 0.489 bits per heavy atom. The van der Waals surface area contributed by atoms with Crippen molar-refractivity contribution in [1.29, 1.82) is 0 Å². The summed E-state index contributed by atoms with van der Waals surface area (Å²) in [5.41, 5.74) is 0. The van der Waals surface area contributed by atoms with Crippen LogP contribution in [0.15, 0.2) is 24.3 Å². The number of ether oxygens (including phenoxy) is 2. The molecule has 1 atom stereocenters. The van der Waals surface area contributed by atoms with E-state index in [9.17, 15) is 5.11 Å². The van der Waals surface area contributed by atoms with E-state index < -0.39 is 0 Å². The van der Waals surface area contributed by atoms with Crippen molar-refractivity contribution in [2.24, 2.45) is 0 Å². The normalized spacial score (nSPS) is 16.6. The first-order valence-corrected chi connectivity index (χ1v) is 20.5. The molecule has 266 valence electrons. The van der Waals surface area contributed by atoms with E-state index in [0.29, 0.717) is 6.61 Å². The molecule has 0 aromatic carbocycles. The summed E-state index contributed by atoms with van der Waals surface area (Å²) in [6.45, 7) is 5.53. The summed E-state index contributed by atoms with van der Waals surface area (Å²) in [4.78, 5) is 0. The van der Waals surface area contributed by atoms with Crippen LogP contribution in [0.1, 0.15) is 219 Å². The molecular formula is C42H80O3. The summed E-state index contributed by atoms with van der Waals surface area (Å²) in [5, 5.41) is 9.27. The Balaban J connectivity index is 2.09. The van der Waals surface area contributed by atoms with E-state index in [0.717, 1.165) is 25.7 Å². The molecule has 3 nitrogen and oxygen atoms in total. The molecule has 0 amide bonds. The van der Waals surface area contributed by atoms with Gasteiger partial charge in [-0.2, -0.15) is 0 Å². The van der Waals surface area contributed by atoms with Crippen LogP contribution in [0.2, 0.25) is 0 Å². The van der Waals surface area contributed by atoms with Gasteiger partial charge in [0, 0.05) is 19.4 Å². The third-order valence-electron chi connectivity index (χ3n) is 9.74. The van der Waals surface area contributed by atoms with E-state index >= 15 is 0 Å². The lowest BCUT2D eigenvalue weighted by Gasteiger charge is -2.28. The number of aliphatic hydroxyl groups excluding tert-OH is 1. The molecule has 1 N–H and O–H groups in total. The highest BCUT2D eigenvalue weighted by atomic mass is 16.7. The fourth-order valence-electron chi connectivity index (χ4n) is 6.75. The first kappa shape index (κ1) is 42.4. The fourth-order valence-corrected chi connectivity index (χ4v) is 6.75. The van der Waals surface area contributed by atoms with E-state index in [2.05, 4.69) is 38.2 Å².